The predicted molar refractivity (Wildman–Crippen MR) is 78.2 cm³/mol. The molecule has 0 aliphatic heterocycles. The number of halogens is 2. The summed E-state index contributed by atoms with van der Waals surface area (Å²) >= 11 is 0. The summed E-state index contributed by atoms with van der Waals surface area (Å²) in [7, 11) is 1.49. The first-order valence-electron chi connectivity index (χ1n) is 6.76. The second-order valence-electron chi connectivity index (χ2n) is 5.01. The van der Waals surface area contributed by atoms with Crippen molar-refractivity contribution in [1.82, 2.24) is 9.47 Å². The Morgan fingerprint density at radius 3 is 2.68 bits per heavy atom. The molecule has 0 aliphatic rings. The Morgan fingerprint density at radius 2 is 2.00 bits per heavy atom. The maximum Gasteiger partial charge on any atom is 0.250 e. The fraction of sp³-hybridized carbons (Fsp3) is 0.250. The molecule has 1 heterocycles. The highest BCUT2D eigenvalue weighted by molar-refractivity contribution is 5.76. The Labute approximate surface area is 126 Å². The van der Waals surface area contributed by atoms with Crippen molar-refractivity contribution in [1.29, 1.82) is 0 Å². The van der Waals surface area contributed by atoms with Crippen molar-refractivity contribution in [2.45, 2.75) is 19.5 Å². The van der Waals surface area contributed by atoms with Gasteiger partial charge in [0.2, 0.25) is 5.91 Å². The minimum absolute atomic E-state index is 0.0938. The molecular weight excluding hydrogens is 290 g/mol. The minimum atomic E-state index is -0.650. The fourth-order valence-corrected chi connectivity index (χ4v) is 2.11. The van der Waals surface area contributed by atoms with Crippen molar-refractivity contribution in [3.05, 3.63) is 70.1 Å². The molecule has 2 aromatic rings. The van der Waals surface area contributed by atoms with Gasteiger partial charge in [-0.3, -0.25) is 9.59 Å². The van der Waals surface area contributed by atoms with Crippen molar-refractivity contribution in [3.8, 4) is 0 Å². The molecule has 0 saturated carbocycles. The van der Waals surface area contributed by atoms with Gasteiger partial charge in [0.05, 0.1) is 6.04 Å². The van der Waals surface area contributed by atoms with Crippen LogP contribution in [0.1, 0.15) is 18.5 Å². The van der Waals surface area contributed by atoms with Gasteiger partial charge in [0.15, 0.2) is 0 Å². The molecule has 0 aliphatic carbocycles. The van der Waals surface area contributed by atoms with Gasteiger partial charge in [0.1, 0.15) is 18.2 Å². The molecule has 0 saturated heterocycles. The van der Waals surface area contributed by atoms with Crippen molar-refractivity contribution in [2.75, 3.05) is 7.05 Å². The number of pyridine rings is 1. The molecule has 1 aromatic heterocycles. The Morgan fingerprint density at radius 1 is 1.27 bits per heavy atom. The van der Waals surface area contributed by atoms with Crippen LogP contribution in [0.4, 0.5) is 8.78 Å². The van der Waals surface area contributed by atoms with E-state index < -0.39 is 17.7 Å². The van der Waals surface area contributed by atoms with Crippen molar-refractivity contribution < 1.29 is 13.6 Å². The third-order valence-corrected chi connectivity index (χ3v) is 3.59. The molecule has 4 nitrogen and oxygen atoms in total. The first-order valence-corrected chi connectivity index (χ1v) is 6.76. The van der Waals surface area contributed by atoms with Crippen LogP contribution >= 0.6 is 0 Å². The number of carbonyl (C=O) groups is 1. The maximum absolute atomic E-state index is 13.8. The van der Waals surface area contributed by atoms with Gasteiger partial charge in [-0.2, -0.15) is 0 Å². The van der Waals surface area contributed by atoms with Crippen LogP contribution in [0, 0.1) is 11.6 Å². The summed E-state index contributed by atoms with van der Waals surface area (Å²) in [4.78, 5) is 25.1. The summed E-state index contributed by atoms with van der Waals surface area (Å²) in [5.74, 6) is -1.52. The van der Waals surface area contributed by atoms with Gasteiger partial charge in [0.25, 0.3) is 5.56 Å². The molecule has 0 radical (unpaired) electrons. The number of benzene rings is 1. The molecule has 0 N–H and O–H groups in total. The molecule has 1 atom stereocenters. The van der Waals surface area contributed by atoms with Crippen LogP contribution in [-0.2, 0) is 11.3 Å². The smallest absolute Gasteiger partial charge is 0.250 e. The van der Waals surface area contributed by atoms with E-state index in [4.69, 9.17) is 0 Å². The van der Waals surface area contributed by atoms with Gasteiger partial charge in [-0.25, -0.2) is 8.78 Å². The zero-order valence-electron chi connectivity index (χ0n) is 12.3. The van der Waals surface area contributed by atoms with Gasteiger partial charge in [-0.15, -0.1) is 0 Å². The summed E-state index contributed by atoms with van der Waals surface area (Å²) in [5.41, 5.74) is -0.204. The molecule has 2 rings (SSSR count). The zero-order valence-corrected chi connectivity index (χ0v) is 12.3. The molecule has 0 fully saturated rings. The molecule has 0 bridgehead atoms. The van der Waals surface area contributed by atoms with E-state index in [0.717, 1.165) is 18.2 Å². The standard InChI is InChI=1S/C16H16F2N2O2/c1-11(13-9-12(17)6-7-14(13)18)19(2)16(22)10-20-8-4-3-5-15(20)21/h3-9,11H,10H2,1-2H3. The molecule has 1 unspecified atom stereocenters. The first kappa shape index (κ1) is 15.9. The van der Waals surface area contributed by atoms with E-state index >= 15 is 0 Å². The van der Waals surface area contributed by atoms with E-state index in [1.807, 2.05) is 0 Å². The van der Waals surface area contributed by atoms with Crippen LogP contribution in [0.5, 0.6) is 0 Å². The van der Waals surface area contributed by atoms with Gasteiger partial charge < -0.3 is 9.47 Å². The second kappa shape index (κ2) is 6.51. The quantitative estimate of drug-likeness (QED) is 0.870. The lowest BCUT2D eigenvalue weighted by atomic mass is 10.1. The minimum Gasteiger partial charge on any atom is -0.337 e. The highest BCUT2D eigenvalue weighted by atomic mass is 19.1. The van der Waals surface area contributed by atoms with Crippen molar-refractivity contribution in [3.63, 3.8) is 0 Å². The number of likely N-dealkylation sites (N-methyl/N-ethyl adjacent to an activating group) is 1. The lowest BCUT2D eigenvalue weighted by molar-refractivity contribution is -0.132. The van der Waals surface area contributed by atoms with Crippen LogP contribution in [0.2, 0.25) is 0 Å². The van der Waals surface area contributed by atoms with E-state index in [1.165, 1.54) is 28.8 Å². The molecule has 1 aromatic carbocycles. The monoisotopic (exact) mass is 306 g/mol. The van der Waals surface area contributed by atoms with Gasteiger partial charge in [-0.1, -0.05) is 6.07 Å². The van der Waals surface area contributed by atoms with Crippen LogP contribution in [0.3, 0.4) is 0 Å². The van der Waals surface area contributed by atoms with Crippen LogP contribution in [-0.4, -0.2) is 22.4 Å². The number of hydrogen-bond donors (Lipinski definition) is 0. The zero-order chi connectivity index (χ0) is 16.3. The molecular formula is C16H16F2N2O2. The van der Waals surface area contributed by atoms with Crippen LogP contribution in [0.25, 0.3) is 0 Å². The average Bonchev–Trinajstić information content (AvgIpc) is 2.50. The van der Waals surface area contributed by atoms with Crippen molar-refractivity contribution >= 4 is 5.91 Å². The van der Waals surface area contributed by atoms with E-state index in [0.29, 0.717) is 0 Å². The molecule has 0 spiro atoms. The Kier molecular flexibility index (Phi) is 4.70. The summed E-state index contributed by atoms with van der Waals surface area (Å²) in [5, 5.41) is 0. The number of aromatic nitrogens is 1. The number of rotatable bonds is 4. The number of amides is 1. The highest BCUT2D eigenvalue weighted by Crippen LogP contribution is 2.23. The van der Waals surface area contributed by atoms with Crippen LogP contribution < -0.4 is 5.56 Å². The summed E-state index contributed by atoms with van der Waals surface area (Å²) in [6.07, 6.45) is 1.50. The van der Waals surface area contributed by atoms with Crippen LogP contribution in [0.15, 0.2) is 47.4 Å². The third kappa shape index (κ3) is 3.39. The topological polar surface area (TPSA) is 42.3 Å². The van der Waals surface area contributed by atoms with Gasteiger partial charge >= 0.3 is 0 Å². The predicted octanol–water partition coefficient (Wildman–Crippen LogP) is 2.35. The average molecular weight is 306 g/mol. The van der Waals surface area contributed by atoms with E-state index in [2.05, 4.69) is 0 Å². The highest BCUT2D eigenvalue weighted by Gasteiger charge is 2.21. The van der Waals surface area contributed by atoms with Crippen molar-refractivity contribution in [2.24, 2.45) is 0 Å². The maximum atomic E-state index is 13.8. The molecule has 6 heteroatoms. The summed E-state index contributed by atoms with van der Waals surface area (Å²) < 4.78 is 28.3. The normalized spacial score (nSPS) is 12.0. The van der Waals surface area contributed by atoms with Gasteiger partial charge in [-0.05, 0) is 31.2 Å². The number of carbonyl (C=O) groups excluding carboxylic acids is 1. The lowest BCUT2D eigenvalue weighted by Gasteiger charge is -2.26. The lowest BCUT2D eigenvalue weighted by Crippen LogP contribution is -2.35. The Hall–Kier alpha value is -2.50. The third-order valence-electron chi connectivity index (χ3n) is 3.59. The number of hydrogen-bond acceptors (Lipinski definition) is 2. The Balaban J connectivity index is 2.18. The molecule has 1 amide bonds. The molecule has 22 heavy (non-hydrogen) atoms. The summed E-state index contributed by atoms with van der Waals surface area (Å²) in [6, 6.07) is 7.05. The fourth-order valence-electron chi connectivity index (χ4n) is 2.11. The second-order valence-corrected chi connectivity index (χ2v) is 5.01. The van der Waals surface area contributed by atoms with E-state index in [-0.39, 0.29) is 23.6 Å². The Bertz CT molecular complexity index is 743. The first-order chi connectivity index (χ1) is 10.4. The summed E-state index contributed by atoms with van der Waals surface area (Å²) in [6.45, 7) is 1.45. The van der Waals surface area contributed by atoms with E-state index in [1.54, 1.807) is 19.1 Å². The number of nitrogens with zero attached hydrogens (tertiary/aromatic N) is 2. The van der Waals surface area contributed by atoms with E-state index in [9.17, 15) is 18.4 Å². The molecule has 116 valence electrons. The van der Waals surface area contributed by atoms with Gasteiger partial charge in [0, 0.05) is 24.9 Å². The largest absolute Gasteiger partial charge is 0.337 e. The SMILES string of the molecule is CC(c1cc(F)ccc1F)N(C)C(=O)Cn1ccccc1=O.